The standard InChI is InChI=1S/C26H18Cl4N2O2/c1-34-25-8-7-16(26(33)31-21-5-3-2-4-6-21)9-24(25)32(22-12-17(27)10-18(28)13-22)23-14-19(29)11-20(30)15-23/h2-15H,1H3,(H,31,33). The number of ether oxygens (including phenoxy) is 1. The normalized spacial score (nSPS) is 10.6. The molecule has 0 saturated carbocycles. The molecule has 0 aliphatic rings. The molecule has 0 unspecified atom stereocenters. The Balaban J connectivity index is 1.87. The van der Waals surface area contributed by atoms with Crippen molar-refractivity contribution in [3.05, 3.63) is 111 Å². The number of carbonyl (C=O) groups is 1. The second-order valence-electron chi connectivity index (χ2n) is 7.30. The van der Waals surface area contributed by atoms with Crippen LogP contribution in [0.5, 0.6) is 5.75 Å². The van der Waals surface area contributed by atoms with Crippen LogP contribution in [0.1, 0.15) is 10.4 Å². The zero-order chi connectivity index (χ0) is 24.2. The van der Waals surface area contributed by atoms with E-state index in [1.807, 2.05) is 35.2 Å². The van der Waals surface area contributed by atoms with E-state index in [0.717, 1.165) is 0 Å². The highest BCUT2D eigenvalue weighted by Gasteiger charge is 2.21. The van der Waals surface area contributed by atoms with Crippen LogP contribution in [0.2, 0.25) is 20.1 Å². The van der Waals surface area contributed by atoms with Gasteiger partial charge in [0.25, 0.3) is 5.91 Å². The van der Waals surface area contributed by atoms with E-state index >= 15 is 0 Å². The van der Waals surface area contributed by atoms with E-state index < -0.39 is 0 Å². The quantitative estimate of drug-likeness (QED) is 0.270. The van der Waals surface area contributed by atoms with Gasteiger partial charge >= 0.3 is 0 Å². The van der Waals surface area contributed by atoms with Gasteiger partial charge in [0.05, 0.1) is 12.8 Å². The summed E-state index contributed by atoms with van der Waals surface area (Å²) < 4.78 is 5.64. The predicted molar refractivity (Wildman–Crippen MR) is 142 cm³/mol. The molecule has 0 aliphatic heterocycles. The minimum Gasteiger partial charge on any atom is -0.495 e. The Hall–Kier alpha value is -2.89. The first-order valence-corrected chi connectivity index (χ1v) is 11.6. The third-order valence-electron chi connectivity index (χ3n) is 4.92. The number of halogens is 4. The largest absolute Gasteiger partial charge is 0.495 e. The number of amides is 1. The fourth-order valence-corrected chi connectivity index (χ4v) is 4.52. The van der Waals surface area contributed by atoms with E-state index in [4.69, 9.17) is 51.1 Å². The van der Waals surface area contributed by atoms with Crippen LogP contribution in [-0.4, -0.2) is 13.0 Å². The van der Waals surface area contributed by atoms with Gasteiger partial charge in [-0.1, -0.05) is 64.6 Å². The lowest BCUT2D eigenvalue weighted by Crippen LogP contribution is -2.15. The topological polar surface area (TPSA) is 41.6 Å². The van der Waals surface area contributed by atoms with Crippen molar-refractivity contribution in [1.29, 1.82) is 0 Å². The molecular weight excluding hydrogens is 514 g/mol. The molecule has 4 aromatic carbocycles. The zero-order valence-electron chi connectivity index (χ0n) is 17.9. The van der Waals surface area contributed by atoms with E-state index in [1.165, 1.54) is 0 Å². The lowest BCUT2D eigenvalue weighted by atomic mass is 10.1. The summed E-state index contributed by atoms with van der Waals surface area (Å²) in [5.74, 6) is 0.242. The van der Waals surface area contributed by atoms with Crippen molar-refractivity contribution in [2.45, 2.75) is 0 Å². The summed E-state index contributed by atoms with van der Waals surface area (Å²) >= 11 is 25.3. The first-order chi connectivity index (χ1) is 16.3. The lowest BCUT2D eigenvalue weighted by molar-refractivity contribution is 0.102. The average Bonchev–Trinajstić information content (AvgIpc) is 2.78. The zero-order valence-corrected chi connectivity index (χ0v) is 20.9. The minimum absolute atomic E-state index is 0.275. The molecule has 0 saturated heterocycles. The van der Waals surface area contributed by atoms with E-state index in [9.17, 15) is 4.79 Å². The Kier molecular flexibility index (Phi) is 7.54. The summed E-state index contributed by atoms with van der Waals surface area (Å²) in [6.07, 6.45) is 0. The first kappa shape index (κ1) is 24.2. The number of nitrogens with one attached hydrogen (secondary N) is 1. The highest BCUT2D eigenvalue weighted by Crippen LogP contribution is 2.43. The number of rotatable bonds is 6. The van der Waals surface area contributed by atoms with Gasteiger partial charge in [-0.25, -0.2) is 0 Å². The van der Waals surface area contributed by atoms with Gasteiger partial charge in [-0.3, -0.25) is 4.79 Å². The summed E-state index contributed by atoms with van der Waals surface area (Å²) in [4.78, 5) is 14.9. The first-order valence-electron chi connectivity index (χ1n) is 10.1. The third-order valence-corrected chi connectivity index (χ3v) is 5.80. The van der Waals surface area contributed by atoms with Gasteiger partial charge in [0.15, 0.2) is 0 Å². The van der Waals surface area contributed by atoms with Gasteiger partial charge in [0.2, 0.25) is 0 Å². The van der Waals surface area contributed by atoms with Gasteiger partial charge in [-0.15, -0.1) is 0 Å². The molecule has 0 atom stereocenters. The predicted octanol–water partition coefficient (Wildman–Crippen LogP) is 9.03. The van der Waals surface area contributed by atoms with Crippen molar-refractivity contribution in [3.8, 4) is 5.75 Å². The summed E-state index contributed by atoms with van der Waals surface area (Å²) in [7, 11) is 1.55. The molecule has 8 heteroatoms. The van der Waals surface area contributed by atoms with Crippen LogP contribution in [-0.2, 0) is 0 Å². The van der Waals surface area contributed by atoms with Crippen molar-refractivity contribution in [3.63, 3.8) is 0 Å². The Bertz CT molecular complexity index is 1250. The van der Waals surface area contributed by atoms with Crippen LogP contribution < -0.4 is 15.0 Å². The number of benzene rings is 4. The summed E-state index contributed by atoms with van der Waals surface area (Å²) in [6.45, 7) is 0. The number of hydrogen-bond acceptors (Lipinski definition) is 3. The molecule has 1 N–H and O–H groups in total. The van der Waals surface area contributed by atoms with Gasteiger partial charge < -0.3 is 15.0 Å². The maximum Gasteiger partial charge on any atom is 0.255 e. The van der Waals surface area contributed by atoms with Gasteiger partial charge in [-0.05, 0) is 66.7 Å². The summed E-state index contributed by atoms with van der Waals surface area (Å²) in [6, 6.07) is 24.6. The monoisotopic (exact) mass is 530 g/mol. The Morgan fingerprint density at radius 2 is 1.26 bits per heavy atom. The van der Waals surface area contributed by atoms with E-state index in [2.05, 4.69) is 5.32 Å². The number of para-hydroxylation sites is 1. The molecule has 0 fully saturated rings. The fraction of sp³-hybridized carbons (Fsp3) is 0.0385. The van der Waals surface area contributed by atoms with E-state index in [0.29, 0.717) is 54.2 Å². The summed E-state index contributed by atoms with van der Waals surface area (Å²) in [5.41, 5.74) is 2.94. The molecule has 1 amide bonds. The second kappa shape index (κ2) is 10.6. The molecule has 172 valence electrons. The molecule has 0 heterocycles. The number of methoxy groups -OCH3 is 1. The average molecular weight is 532 g/mol. The summed E-state index contributed by atoms with van der Waals surface area (Å²) in [5, 5.41) is 4.66. The maximum atomic E-state index is 13.0. The van der Waals surface area contributed by atoms with Gasteiger partial charge in [-0.2, -0.15) is 0 Å². The highest BCUT2D eigenvalue weighted by atomic mass is 35.5. The third kappa shape index (κ3) is 5.60. The molecule has 0 spiro atoms. The van der Waals surface area contributed by atoms with Crippen LogP contribution in [0.3, 0.4) is 0 Å². The van der Waals surface area contributed by atoms with E-state index in [-0.39, 0.29) is 5.91 Å². The van der Waals surface area contributed by atoms with Crippen LogP contribution in [0.25, 0.3) is 0 Å². The second-order valence-corrected chi connectivity index (χ2v) is 9.04. The van der Waals surface area contributed by atoms with Gasteiger partial charge in [0, 0.05) is 42.7 Å². The van der Waals surface area contributed by atoms with Crippen molar-refractivity contribution in [2.24, 2.45) is 0 Å². The van der Waals surface area contributed by atoms with Crippen LogP contribution >= 0.6 is 46.4 Å². The molecule has 0 aliphatic carbocycles. The van der Waals surface area contributed by atoms with E-state index in [1.54, 1.807) is 61.7 Å². The van der Waals surface area contributed by atoms with Gasteiger partial charge in [0.1, 0.15) is 5.75 Å². The molecule has 0 aromatic heterocycles. The number of hydrogen-bond donors (Lipinski definition) is 1. The number of carbonyl (C=O) groups excluding carboxylic acids is 1. The molecule has 0 bridgehead atoms. The van der Waals surface area contributed by atoms with Crippen LogP contribution in [0, 0.1) is 0 Å². The molecule has 4 rings (SSSR count). The molecular formula is C26H18Cl4N2O2. The maximum absolute atomic E-state index is 13.0. The van der Waals surface area contributed by atoms with Crippen molar-refractivity contribution in [2.75, 3.05) is 17.3 Å². The Morgan fingerprint density at radius 1 is 0.735 bits per heavy atom. The minimum atomic E-state index is -0.275. The molecule has 4 nitrogen and oxygen atoms in total. The fourth-order valence-electron chi connectivity index (χ4n) is 3.49. The number of anilines is 4. The SMILES string of the molecule is COc1ccc(C(=O)Nc2ccccc2)cc1N(c1cc(Cl)cc(Cl)c1)c1cc(Cl)cc(Cl)c1. The van der Waals surface area contributed by atoms with Crippen LogP contribution in [0.15, 0.2) is 84.9 Å². The molecule has 34 heavy (non-hydrogen) atoms. The highest BCUT2D eigenvalue weighted by molar-refractivity contribution is 6.36. The Morgan fingerprint density at radius 3 is 1.76 bits per heavy atom. The lowest BCUT2D eigenvalue weighted by Gasteiger charge is -2.28. The van der Waals surface area contributed by atoms with Crippen LogP contribution in [0.4, 0.5) is 22.7 Å². The Labute approximate surface area is 217 Å². The molecule has 0 radical (unpaired) electrons. The van der Waals surface area contributed by atoms with Crippen molar-refractivity contribution in [1.82, 2.24) is 0 Å². The smallest absolute Gasteiger partial charge is 0.255 e. The number of nitrogens with zero attached hydrogens (tertiary/aromatic N) is 1. The molecule has 4 aromatic rings. The van der Waals surface area contributed by atoms with Crippen molar-refractivity contribution < 1.29 is 9.53 Å². The van der Waals surface area contributed by atoms with Crippen molar-refractivity contribution >= 4 is 75.1 Å².